The molecular formula is C16H20BrN5. The average Bonchev–Trinajstić information content (AvgIpc) is 3.22. The lowest BCUT2D eigenvalue weighted by atomic mass is 10.1. The van der Waals surface area contributed by atoms with Gasteiger partial charge in [-0.05, 0) is 40.9 Å². The van der Waals surface area contributed by atoms with E-state index >= 15 is 0 Å². The Morgan fingerprint density at radius 3 is 2.68 bits per heavy atom. The van der Waals surface area contributed by atoms with Crippen LogP contribution in [0.25, 0.3) is 0 Å². The van der Waals surface area contributed by atoms with Crippen molar-refractivity contribution in [2.75, 3.05) is 26.2 Å². The molecule has 0 radical (unpaired) electrons. The summed E-state index contributed by atoms with van der Waals surface area (Å²) in [4.78, 5) is 11.6. The van der Waals surface area contributed by atoms with Crippen molar-refractivity contribution < 1.29 is 0 Å². The van der Waals surface area contributed by atoms with Crippen LogP contribution in [0.5, 0.6) is 0 Å². The molecule has 1 aliphatic heterocycles. The highest BCUT2D eigenvalue weighted by Crippen LogP contribution is 2.49. The molecule has 0 aromatic carbocycles. The van der Waals surface area contributed by atoms with E-state index in [4.69, 9.17) is 0 Å². The van der Waals surface area contributed by atoms with E-state index in [0.717, 1.165) is 55.7 Å². The van der Waals surface area contributed by atoms with Gasteiger partial charge in [-0.15, -0.1) is 0 Å². The number of nitrogens with one attached hydrogen (secondary N) is 1. The molecule has 1 N–H and O–H groups in total. The van der Waals surface area contributed by atoms with E-state index < -0.39 is 0 Å². The highest BCUT2D eigenvalue weighted by atomic mass is 79.9. The first kappa shape index (κ1) is 14.4. The molecule has 0 bridgehead atoms. The Kier molecular flexibility index (Phi) is 3.76. The topological polar surface area (TPSA) is 46.0 Å². The van der Waals surface area contributed by atoms with Gasteiger partial charge in [0, 0.05) is 49.6 Å². The van der Waals surface area contributed by atoms with Crippen molar-refractivity contribution in [3.8, 4) is 0 Å². The minimum Gasteiger partial charge on any atom is -0.321 e. The summed E-state index contributed by atoms with van der Waals surface area (Å²) in [5.41, 5.74) is 2.47. The predicted octanol–water partition coefficient (Wildman–Crippen LogP) is 1.98. The number of hydrogen-bond acceptors (Lipinski definition) is 4. The van der Waals surface area contributed by atoms with E-state index in [0.29, 0.717) is 0 Å². The normalized spacial score (nSPS) is 21.0. The molecule has 2 aliphatic rings. The fraction of sp³-hybridized carbons (Fsp3) is 0.500. The van der Waals surface area contributed by atoms with Gasteiger partial charge in [0.1, 0.15) is 0 Å². The first-order valence-electron chi connectivity index (χ1n) is 7.85. The lowest BCUT2D eigenvalue weighted by Crippen LogP contribution is -2.43. The summed E-state index contributed by atoms with van der Waals surface area (Å²) in [5, 5.41) is 3.40. The Morgan fingerprint density at radius 1 is 1.18 bits per heavy atom. The van der Waals surface area contributed by atoms with Crippen molar-refractivity contribution >= 4 is 15.9 Å². The Hall–Kier alpha value is -1.24. The number of halogens is 1. The molecule has 1 saturated heterocycles. The third-order valence-corrected chi connectivity index (χ3v) is 5.17. The molecule has 116 valence electrons. The third-order valence-electron chi connectivity index (χ3n) is 4.70. The number of nitrogens with zero attached hydrogens (tertiary/aromatic N) is 4. The average molecular weight is 362 g/mol. The van der Waals surface area contributed by atoms with Gasteiger partial charge in [-0.1, -0.05) is 0 Å². The smallest absolute Gasteiger partial charge is 0.0957 e. The summed E-state index contributed by atoms with van der Waals surface area (Å²) in [6.07, 6.45) is 8.18. The third kappa shape index (κ3) is 2.59. The van der Waals surface area contributed by atoms with Crippen LogP contribution < -0.4 is 5.32 Å². The maximum atomic E-state index is 4.64. The summed E-state index contributed by atoms with van der Waals surface area (Å²) < 4.78 is 3.38. The van der Waals surface area contributed by atoms with Gasteiger partial charge in [0.15, 0.2) is 0 Å². The van der Waals surface area contributed by atoms with Crippen LogP contribution in [0.3, 0.4) is 0 Å². The molecule has 0 spiro atoms. The van der Waals surface area contributed by atoms with Gasteiger partial charge in [-0.2, -0.15) is 0 Å². The Bertz CT molecular complexity index is 641. The Morgan fingerprint density at radius 2 is 2.00 bits per heavy atom. The molecule has 2 aromatic rings. The second kappa shape index (κ2) is 5.76. The number of imidazole rings is 1. The van der Waals surface area contributed by atoms with Crippen LogP contribution in [0.4, 0.5) is 0 Å². The molecule has 2 fully saturated rings. The highest BCUT2D eigenvalue weighted by Gasteiger charge is 2.48. The minimum atomic E-state index is 0.0283. The Labute approximate surface area is 138 Å². The molecule has 0 atom stereocenters. The molecule has 0 unspecified atom stereocenters. The second-order valence-corrected chi connectivity index (χ2v) is 7.09. The molecular weight excluding hydrogens is 342 g/mol. The fourth-order valence-corrected chi connectivity index (χ4v) is 3.55. The predicted molar refractivity (Wildman–Crippen MR) is 88.6 cm³/mol. The minimum absolute atomic E-state index is 0.0283. The molecule has 1 aliphatic carbocycles. The number of pyridine rings is 1. The molecule has 22 heavy (non-hydrogen) atoms. The highest BCUT2D eigenvalue weighted by molar-refractivity contribution is 9.10. The number of hydrogen-bond donors (Lipinski definition) is 1. The van der Waals surface area contributed by atoms with Crippen LogP contribution in [0, 0.1) is 0 Å². The quantitative estimate of drug-likeness (QED) is 0.904. The SMILES string of the molecule is Brc1ccc(C2(n3cncc3CN3CCNCC3)CC2)nc1. The first-order chi connectivity index (χ1) is 10.8. The lowest BCUT2D eigenvalue weighted by Gasteiger charge is -2.28. The maximum absolute atomic E-state index is 4.64. The number of rotatable bonds is 4. The summed E-state index contributed by atoms with van der Waals surface area (Å²) in [6, 6.07) is 4.21. The fourth-order valence-electron chi connectivity index (χ4n) is 3.31. The van der Waals surface area contributed by atoms with Gasteiger partial charge in [0.2, 0.25) is 0 Å². The van der Waals surface area contributed by atoms with Crippen LogP contribution in [-0.2, 0) is 12.1 Å². The number of piperazine rings is 1. The second-order valence-electron chi connectivity index (χ2n) is 6.17. The van der Waals surface area contributed by atoms with E-state index in [1.807, 2.05) is 18.7 Å². The van der Waals surface area contributed by atoms with Crippen molar-refractivity contribution in [3.63, 3.8) is 0 Å². The molecule has 4 rings (SSSR count). The van der Waals surface area contributed by atoms with Crippen LogP contribution in [0.2, 0.25) is 0 Å². The van der Waals surface area contributed by atoms with E-state index in [9.17, 15) is 0 Å². The molecule has 0 amide bonds. The van der Waals surface area contributed by atoms with Crippen molar-refractivity contribution in [2.24, 2.45) is 0 Å². The summed E-state index contributed by atoms with van der Waals surface area (Å²) in [6.45, 7) is 5.34. The zero-order valence-electron chi connectivity index (χ0n) is 12.5. The van der Waals surface area contributed by atoms with Gasteiger partial charge in [-0.3, -0.25) is 9.88 Å². The zero-order chi connectivity index (χ0) is 15.0. The van der Waals surface area contributed by atoms with Crippen molar-refractivity contribution in [3.05, 3.63) is 46.7 Å². The largest absolute Gasteiger partial charge is 0.321 e. The summed E-state index contributed by atoms with van der Waals surface area (Å²) >= 11 is 3.47. The molecule has 3 heterocycles. The van der Waals surface area contributed by atoms with Crippen molar-refractivity contribution in [1.82, 2.24) is 24.8 Å². The first-order valence-corrected chi connectivity index (χ1v) is 8.64. The monoisotopic (exact) mass is 361 g/mol. The number of aromatic nitrogens is 3. The standard InChI is InChI=1S/C16H20BrN5/c17-13-1-2-15(20-9-13)16(3-4-16)22-12-19-10-14(22)11-21-7-5-18-6-8-21/h1-2,9-10,12,18H,3-8,11H2. The van der Waals surface area contributed by atoms with Crippen LogP contribution >= 0.6 is 15.9 Å². The maximum Gasteiger partial charge on any atom is 0.0957 e. The van der Waals surface area contributed by atoms with Gasteiger partial charge in [0.05, 0.1) is 23.3 Å². The van der Waals surface area contributed by atoms with Crippen LogP contribution in [0.15, 0.2) is 35.3 Å². The van der Waals surface area contributed by atoms with E-state index in [-0.39, 0.29) is 5.54 Å². The van der Waals surface area contributed by atoms with E-state index in [2.05, 4.69) is 52.8 Å². The lowest BCUT2D eigenvalue weighted by molar-refractivity contribution is 0.226. The summed E-state index contributed by atoms with van der Waals surface area (Å²) in [5.74, 6) is 0. The van der Waals surface area contributed by atoms with Crippen molar-refractivity contribution in [1.29, 1.82) is 0 Å². The Balaban J connectivity index is 1.60. The van der Waals surface area contributed by atoms with Crippen LogP contribution in [0.1, 0.15) is 24.2 Å². The zero-order valence-corrected chi connectivity index (χ0v) is 14.1. The van der Waals surface area contributed by atoms with E-state index in [1.54, 1.807) is 0 Å². The van der Waals surface area contributed by atoms with Gasteiger partial charge in [-0.25, -0.2) is 4.98 Å². The summed E-state index contributed by atoms with van der Waals surface area (Å²) in [7, 11) is 0. The molecule has 2 aromatic heterocycles. The van der Waals surface area contributed by atoms with Gasteiger partial charge in [0.25, 0.3) is 0 Å². The molecule has 5 nitrogen and oxygen atoms in total. The van der Waals surface area contributed by atoms with Gasteiger partial charge >= 0.3 is 0 Å². The van der Waals surface area contributed by atoms with Crippen LogP contribution in [-0.4, -0.2) is 45.6 Å². The van der Waals surface area contributed by atoms with Crippen molar-refractivity contribution in [2.45, 2.75) is 24.9 Å². The molecule has 6 heteroatoms. The van der Waals surface area contributed by atoms with E-state index in [1.165, 1.54) is 5.69 Å². The molecule has 1 saturated carbocycles. The van der Waals surface area contributed by atoms with Gasteiger partial charge < -0.3 is 9.88 Å².